The first kappa shape index (κ1) is 20.3. The Labute approximate surface area is 179 Å². The lowest BCUT2D eigenvalue weighted by atomic mass is 9.72. The van der Waals surface area contributed by atoms with Crippen molar-refractivity contribution in [2.45, 2.75) is 25.4 Å². The summed E-state index contributed by atoms with van der Waals surface area (Å²) in [6.07, 6.45) is 0.254. The predicted molar refractivity (Wildman–Crippen MR) is 111 cm³/mol. The number of benzene rings is 2. The Kier molecular flexibility index (Phi) is 4.98. The Hall–Kier alpha value is -2.99. The molecule has 0 aromatic heterocycles. The number of aliphatic hydroxyl groups excluding tert-OH is 1. The maximum absolute atomic E-state index is 13.6. The average Bonchev–Trinajstić information content (AvgIpc) is 3.06. The molecular weight excluding hydrogens is 408 g/mol. The summed E-state index contributed by atoms with van der Waals surface area (Å²) in [5.74, 6) is -1.06. The van der Waals surface area contributed by atoms with Crippen molar-refractivity contribution in [2.75, 3.05) is 14.2 Å². The van der Waals surface area contributed by atoms with Crippen LogP contribution in [0, 0.1) is 5.92 Å². The summed E-state index contributed by atoms with van der Waals surface area (Å²) in [6.45, 7) is 1.70. The molecule has 2 aliphatic rings. The first-order chi connectivity index (χ1) is 14.3. The predicted octanol–water partition coefficient (Wildman–Crippen LogP) is 4.33. The zero-order chi connectivity index (χ0) is 21.6. The lowest BCUT2D eigenvalue weighted by Crippen LogP contribution is -2.52. The standard InChI is InChI=1S/C23H21ClO6/c1-12-9-15(25)14(10-13-7-5-4-6-8-13)21(26)23(12)22(27)18-16(28-2)11-17(29-3)19(24)20(18)30-23/h4-8,11-12,26H,9-10H2,1-3H3/t12-,23+/m1/s1. The highest BCUT2D eigenvalue weighted by atomic mass is 35.5. The Balaban J connectivity index is 1.89. The molecule has 0 fully saturated rings. The van der Waals surface area contributed by atoms with Gasteiger partial charge < -0.3 is 19.3 Å². The monoisotopic (exact) mass is 428 g/mol. The number of hydrogen-bond donors (Lipinski definition) is 1. The van der Waals surface area contributed by atoms with Gasteiger partial charge in [-0.3, -0.25) is 9.59 Å². The van der Waals surface area contributed by atoms with Gasteiger partial charge in [0.2, 0.25) is 11.4 Å². The van der Waals surface area contributed by atoms with Crippen LogP contribution in [0.5, 0.6) is 17.2 Å². The molecule has 1 spiro atoms. The summed E-state index contributed by atoms with van der Waals surface area (Å²) in [7, 11) is 2.86. The summed E-state index contributed by atoms with van der Waals surface area (Å²) in [6, 6.07) is 10.8. The molecule has 1 N–H and O–H groups in total. The summed E-state index contributed by atoms with van der Waals surface area (Å²) in [4.78, 5) is 26.4. The largest absolute Gasteiger partial charge is 0.507 e. The van der Waals surface area contributed by atoms with Gasteiger partial charge in [0, 0.05) is 30.4 Å². The van der Waals surface area contributed by atoms with E-state index in [4.69, 9.17) is 25.8 Å². The molecule has 0 bridgehead atoms. The van der Waals surface area contributed by atoms with E-state index >= 15 is 0 Å². The zero-order valence-corrected chi connectivity index (χ0v) is 17.6. The van der Waals surface area contributed by atoms with Gasteiger partial charge in [0.1, 0.15) is 22.1 Å². The van der Waals surface area contributed by atoms with Crippen LogP contribution in [0.2, 0.25) is 5.02 Å². The van der Waals surface area contributed by atoms with Crippen LogP contribution in [0.1, 0.15) is 29.3 Å². The van der Waals surface area contributed by atoms with Crippen LogP contribution in [0.15, 0.2) is 47.7 Å². The molecule has 2 atom stereocenters. The zero-order valence-electron chi connectivity index (χ0n) is 16.8. The molecular formula is C23H21ClO6. The second kappa shape index (κ2) is 7.36. The molecule has 0 radical (unpaired) electrons. The van der Waals surface area contributed by atoms with Gasteiger partial charge in [0.15, 0.2) is 17.3 Å². The number of carbonyl (C=O) groups is 2. The Bertz CT molecular complexity index is 1070. The molecule has 4 rings (SSSR count). The molecule has 2 aromatic carbocycles. The first-order valence-electron chi connectivity index (χ1n) is 9.53. The molecule has 6 nitrogen and oxygen atoms in total. The minimum absolute atomic E-state index is 0.0586. The van der Waals surface area contributed by atoms with Crippen LogP contribution in [0.4, 0.5) is 0 Å². The third kappa shape index (κ3) is 2.78. The van der Waals surface area contributed by atoms with Crippen LogP contribution in [-0.2, 0) is 11.2 Å². The molecule has 1 aliphatic heterocycles. The summed E-state index contributed by atoms with van der Waals surface area (Å²) < 4.78 is 16.7. The third-order valence-corrected chi connectivity index (χ3v) is 6.16. The van der Waals surface area contributed by atoms with E-state index in [9.17, 15) is 14.7 Å². The second-order valence-electron chi connectivity index (χ2n) is 7.48. The minimum atomic E-state index is -1.73. The number of carbonyl (C=O) groups excluding carboxylic acids is 2. The molecule has 0 amide bonds. The van der Waals surface area contributed by atoms with E-state index in [1.807, 2.05) is 30.3 Å². The van der Waals surface area contributed by atoms with Crippen molar-refractivity contribution < 1.29 is 28.9 Å². The van der Waals surface area contributed by atoms with Gasteiger partial charge >= 0.3 is 0 Å². The number of fused-ring (bicyclic) bond motifs is 1. The summed E-state index contributed by atoms with van der Waals surface area (Å²) >= 11 is 6.42. The normalized spacial score (nSPS) is 22.9. The lowest BCUT2D eigenvalue weighted by Gasteiger charge is -2.37. The van der Waals surface area contributed by atoms with Crippen molar-refractivity contribution in [1.82, 2.24) is 0 Å². The van der Waals surface area contributed by atoms with E-state index in [2.05, 4.69) is 0 Å². The number of rotatable bonds is 4. The van der Waals surface area contributed by atoms with E-state index in [0.29, 0.717) is 0 Å². The van der Waals surface area contributed by atoms with Gasteiger partial charge in [0.25, 0.3) is 0 Å². The molecule has 2 aromatic rings. The molecule has 156 valence electrons. The maximum atomic E-state index is 13.6. The minimum Gasteiger partial charge on any atom is -0.507 e. The van der Waals surface area contributed by atoms with Gasteiger partial charge in [-0.05, 0) is 5.56 Å². The Morgan fingerprint density at radius 1 is 1.17 bits per heavy atom. The number of ether oxygens (including phenoxy) is 3. The smallest absolute Gasteiger partial charge is 0.231 e. The number of hydrogen-bond acceptors (Lipinski definition) is 6. The van der Waals surface area contributed by atoms with Gasteiger partial charge in [-0.2, -0.15) is 0 Å². The van der Waals surface area contributed by atoms with Crippen LogP contribution in [0.25, 0.3) is 0 Å². The molecule has 1 heterocycles. The van der Waals surface area contributed by atoms with Gasteiger partial charge in [-0.25, -0.2) is 0 Å². The maximum Gasteiger partial charge on any atom is 0.231 e. The number of ketones is 2. The highest BCUT2D eigenvalue weighted by Crippen LogP contribution is 2.54. The highest BCUT2D eigenvalue weighted by molar-refractivity contribution is 6.35. The van der Waals surface area contributed by atoms with Crippen molar-refractivity contribution in [3.63, 3.8) is 0 Å². The summed E-state index contributed by atoms with van der Waals surface area (Å²) in [5, 5.41) is 11.4. The Morgan fingerprint density at radius 3 is 2.47 bits per heavy atom. The molecule has 0 saturated carbocycles. The molecule has 1 aliphatic carbocycles. The van der Waals surface area contributed by atoms with E-state index in [1.54, 1.807) is 6.92 Å². The SMILES string of the molecule is COc1cc(OC)c2c(c1Cl)O[C@]1(C2=O)C(O)=C(Cc2ccccc2)C(=O)C[C@H]1C. The fraction of sp³-hybridized carbons (Fsp3) is 0.304. The quantitative estimate of drug-likeness (QED) is 0.780. The van der Waals surface area contributed by atoms with Crippen LogP contribution in [0.3, 0.4) is 0 Å². The molecule has 30 heavy (non-hydrogen) atoms. The van der Waals surface area contributed by atoms with Crippen molar-refractivity contribution in [1.29, 1.82) is 0 Å². The van der Waals surface area contributed by atoms with E-state index in [1.165, 1.54) is 20.3 Å². The van der Waals surface area contributed by atoms with Crippen molar-refractivity contribution in [3.8, 4) is 17.2 Å². The highest BCUT2D eigenvalue weighted by Gasteiger charge is 2.60. The van der Waals surface area contributed by atoms with E-state index in [0.717, 1.165) is 5.56 Å². The Morgan fingerprint density at radius 2 is 1.83 bits per heavy atom. The van der Waals surface area contributed by atoms with Crippen molar-refractivity contribution in [3.05, 3.63) is 63.9 Å². The van der Waals surface area contributed by atoms with Crippen LogP contribution >= 0.6 is 11.6 Å². The number of aliphatic hydroxyl groups is 1. The average molecular weight is 429 g/mol. The lowest BCUT2D eigenvalue weighted by molar-refractivity contribution is -0.119. The van der Waals surface area contributed by atoms with E-state index < -0.39 is 17.3 Å². The fourth-order valence-electron chi connectivity index (χ4n) is 4.20. The molecule has 0 saturated heterocycles. The number of methoxy groups -OCH3 is 2. The first-order valence-corrected chi connectivity index (χ1v) is 9.90. The number of allylic oxidation sites excluding steroid dienone is 1. The van der Waals surface area contributed by atoms with Crippen molar-refractivity contribution in [2.24, 2.45) is 5.92 Å². The van der Waals surface area contributed by atoms with Gasteiger partial charge in [-0.1, -0.05) is 48.9 Å². The van der Waals surface area contributed by atoms with Gasteiger partial charge in [-0.15, -0.1) is 0 Å². The van der Waals surface area contributed by atoms with Gasteiger partial charge in [0.05, 0.1) is 14.2 Å². The third-order valence-electron chi connectivity index (χ3n) is 5.80. The topological polar surface area (TPSA) is 82.1 Å². The second-order valence-corrected chi connectivity index (χ2v) is 7.86. The van der Waals surface area contributed by atoms with Crippen LogP contribution in [-0.4, -0.2) is 36.5 Å². The van der Waals surface area contributed by atoms with Crippen molar-refractivity contribution >= 4 is 23.2 Å². The van der Waals surface area contributed by atoms with E-state index in [-0.39, 0.29) is 57.8 Å². The van der Waals surface area contributed by atoms with Crippen LogP contribution < -0.4 is 14.2 Å². The summed E-state index contributed by atoms with van der Waals surface area (Å²) in [5.41, 5.74) is -0.584. The molecule has 7 heteroatoms. The fourth-order valence-corrected chi connectivity index (χ4v) is 4.46. The number of halogens is 1. The number of Topliss-reactive ketones (excluding diaryl/α,β-unsaturated/α-hetero) is 2. The molecule has 0 unspecified atom stereocenters.